The van der Waals surface area contributed by atoms with Gasteiger partial charge in [-0.05, 0) is 84.5 Å². The fraction of sp³-hybridized carbons (Fsp3) is 0.477. The monoisotopic (exact) mass is 747 g/mol. The Morgan fingerprint density at radius 3 is 1.76 bits per heavy atom. The van der Waals surface area contributed by atoms with Crippen LogP contribution in [0.5, 0.6) is 23.3 Å². The molecule has 1 saturated carbocycles. The van der Waals surface area contributed by atoms with Crippen LogP contribution in [0.25, 0.3) is 0 Å². The summed E-state index contributed by atoms with van der Waals surface area (Å²) in [6, 6.07) is 26.6. The van der Waals surface area contributed by atoms with Crippen LogP contribution in [0, 0.1) is 11.8 Å². The van der Waals surface area contributed by atoms with Gasteiger partial charge in [-0.15, -0.1) is 0 Å². The minimum atomic E-state index is -0.317. The first-order chi connectivity index (χ1) is 26.6. The molecule has 7 atom stereocenters. The van der Waals surface area contributed by atoms with Crippen molar-refractivity contribution in [3.63, 3.8) is 0 Å². The largest absolute Gasteiger partial charge is 0.484 e. The number of Topliss-reactive ketones (excluding diaryl/α,β-unsaturated/α-hetero) is 1. The molecule has 1 unspecified atom stereocenters. The maximum atomic E-state index is 12.0. The van der Waals surface area contributed by atoms with Crippen LogP contribution in [0.2, 0.25) is 0 Å². The maximum Gasteiger partial charge on any atom is 0.257 e. The third-order valence-electron chi connectivity index (χ3n) is 12.2. The standard InChI is InChI=1S/C23H26N2O4.C20H23N3O2.CH4/c26-13-20(27)19-10-18-8-7-17(19)12-25(18)11-15-3-5-16(6-4-15)22-14-28-21-2-1-9-24-23(21)29-22;1-2-18-20(21-9-1)25-19(13-24-18)15-5-3-14(4-6-15)11-23-12-16-7-8-17(23)10-22-16;/h1-6,9,17-19,22,26H,7-8,10-14H2;1-6,9,16-17,19,22H,7-8,10-13H2;1H4/t17-,18-,19?,22+;16-,17-,19+;/m00./s1. The van der Waals surface area contributed by atoms with Gasteiger partial charge < -0.3 is 29.4 Å². The van der Waals surface area contributed by atoms with Gasteiger partial charge >= 0.3 is 0 Å². The van der Waals surface area contributed by atoms with Gasteiger partial charge in [0.2, 0.25) is 0 Å². The number of carbonyl (C=O) groups is 1. The Labute approximate surface area is 324 Å². The highest BCUT2D eigenvalue weighted by Gasteiger charge is 2.43. The third kappa shape index (κ3) is 8.21. The van der Waals surface area contributed by atoms with Crippen LogP contribution in [-0.2, 0) is 17.9 Å². The Kier molecular flexibility index (Phi) is 11.3. The molecular formula is C44H53N5O6. The molecule has 11 heteroatoms. The van der Waals surface area contributed by atoms with Crippen molar-refractivity contribution in [2.45, 2.75) is 83.0 Å². The molecule has 290 valence electrons. The van der Waals surface area contributed by atoms with E-state index in [1.807, 2.05) is 24.3 Å². The van der Waals surface area contributed by atoms with Crippen molar-refractivity contribution in [2.75, 3.05) is 39.5 Å². The second-order valence-corrected chi connectivity index (χ2v) is 15.6. The highest BCUT2D eigenvalue weighted by atomic mass is 16.6. The predicted octanol–water partition coefficient (Wildman–Crippen LogP) is 5.92. The first-order valence-electron chi connectivity index (χ1n) is 19.6. The molecule has 7 aliphatic heterocycles. The molecule has 0 amide bonds. The van der Waals surface area contributed by atoms with Crippen LogP contribution in [0.3, 0.4) is 0 Å². The summed E-state index contributed by atoms with van der Waals surface area (Å²) in [7, 11) is 0. The molecule has 2 aromatic carbocycles. The summed E-state index contributed by atoms with van der Waals surface area (Å²) in [4.78, 5) is 25.6. The van der Waals surface area contributed by atoms with Gasteiger partial charge in [0.05, 0.1) is 0 Å². The van der Waals surface area contributed by atoms with Crippen molar-refractivity contribution in [3.05, 3.63) is 107 Å². The SMILES string of the molecule is C.O=C(CO)C1C[C@@H]2CC[C@H]1CN2Cc1ccc([C@H]2COc3cccnc3O2)cc1.c1cnc2c(c1)OC[C@H](c1ccc(CN3C[C@@H]4CC[C@H]3CN4)cc1)O2. The summed E-state index contributed by atoms with van der Waals surface area (Å²) >= 11 is 0. The molecule has 0 spiro atoms. The average Bonchev–Trinajstić information content (AvgIpc) is 3.24. The summed E-state index contributed by atoms with van der Waals surface area (Å²) in [5.74, 6) is 3.01. The van der Waals surface area contributed by atoms with Gasteiger partial charge in [0.15, 0.2) is 29.5 Å². The molecule has 2 aromatic heterocycles. The minimum Gasteiger partial charge on any atom is -0.484 e. The van der Waals surface area contributed by atoms with Crippen LogP contribution in [0.1, 0.15) is 74.0 Å². The number of benzene rings is 2. The third-order valence-corrected chi connectivity index (χ3v) is 12.2. The summed E-state index contributed by atoms with van der Waals surface area (Å²) in [6.45, 7) is 5.89. The van der Waals surface area contributed by atoms with E-state index < -0.39 is 0 Å². The van der Waals surface area contributed by atoms with E-state index in [1.165, 1.54) is 30.5 Å². The summed E-state index contributed by atoms with van der Waals surface area (Å²) in [5.41, 5.74) is 4.86. The van der Waals surface area contributed by atoms with Gasteiger partial charge in [0, 0.05) is 69.2 Å². The molecule has 9 heterocycles. The quantitative estimate of drug-likeness (QED) is 0.224. The lowest BCUT2D eigenvalue weighted by Crippen LogP contribution is -2.60. The molecule has 12 rings (SSSR count). The zero-order chi connectivity index (χ0) is 36.4. The lowest BCUT2D eigenvalue weighted by atomic mass is 9.70. The lowest BCUT2D eigenvalue weighted by Gasteiger charge is -2.49. The Bertz CT molecular complexity index is 1900. The molecule has 4 bridgehead atoms. The molecule has 8 aliphatic rings. The number of fused-ring (bicyclic) bond motifs is 8. The number of carbonyl (C=O) groups excluding carboxylic acids is 1. The van der Waals surface area contributed by atoms with E-state index in [2.05, 4.69) is 73.6 Å². The van der Waals surface area contributed by atoms with E-state index >= 15 is 0 Å². The van der Waals surface area contributed by atoms with Crippen LogP contribution in [0.15, 0.2) is 85.2 Å². The zero-order valence-corrected chi connectivity index (χ0v) is 30.6. The maximum absolute atomic E-state index is 12.0. The fourth-order valence-electron chi connectivity index (χ4n) is 9.20. The fourth-order valence-corrected chi connectivity index (χ4v) is 9.20. The van der Waals surface area contributed by atoms with Crippen LogP contribution >= 0.6 is 0 Å². The van der Waals surface area contributed by atoms with E-state index in [0.29, 0.717) is 54.8 Å². The van der Waals surface area contributed by atoms with Crippen molar-refractivity contribution in [3.8, 4) is 23.3 Å². The molecule has 2 N–H and O–H groups in total. The Morgan fingerprint density at radius 2 is 1.29 bits per heavy atom. The number of aliphatic hydroxyl groups is 1. The highest BCUT2D eigenvalue weighted by Crippen LogP contribution is 2.41. The topological polar surface area (TPSA) is 119 Å². The predicted molar refractivity (Wildman–Crippen MR) is 208 cm³/mol. The Morgan fingerprint density at radius 1 is 0.727 bits per heavy atom. The average molecular weight is 748 g/mol. The Hall–Kier alpha value is -4.55. The van der Waals surface area contributed by atoms with Gasteiger partial charge in [-0.3, -0.25) is 14.6 Å². The zero-order valence-electron chi connectivity index (χ0n) is 30.6. The van der Waals surface area contributed by atoms with E-state index in [4.69, 9.17) is 18.9 Å². The number of aliphatic hydroxyl groups excluding tert-OH is 1. The highest BCUT2D eigenvalue weighted by molar-refractivity contribution is 5.82. The molecule has 0 radical (unpaired) electrons. The van der Waals surface area contributed by atoms with E-state index in [1.54, 1.807) is 12.4 Å². The molecule has 55 heavy (non-hydrogen) atoms. The summed E-state index contributed by atoms with van der Waals surface area (Å²) < 4.78 is 23.5. The van der Waals surface area contributed by atoms with Gasteiger partial charge in [0.1, 0.15) is 19.8 Å². The number of nitrogens with zero attached hydrogens (tertiary/aromatic N) is 4. The van der Waals surface area contributed by atoms with E-state index in [-0.39, 0.29) is 37.9 Å². The molecule has 11 nitrogen and oxygen atoms in total. The van der Waals surface area contributed by atoms with Crippen molar-refractivity contribution >= 4 is 5.78 Å². The number of ketones is 1. The van der Waals surface area contributed by atoms with Crippen molar-refractivity contribution < 1.29 is 28.8 Å². The minimum absolute atomic E-state index is 0. The van der Waals surface area contributed by atoms with Crippen LogP contribution < -0.4 is 24.3 Å². The molecular weight excluding hydrogens is 695 g/mol. The van der Waals surface area contributed by atoms with Gasteiger partial charge in [0.25, 0.3) is 11.8 Å². The normalized spacial score (nSPS) is 27.7. The number of pyridine rings is 2. The van der Waals surface area contributed by atoms with Crippen molar-refractivity contribution in [1.82, 2.24) is 25.1 Å². The number of piperazine rings is 1. The number of rotatable bonds is 8. The molecule has 6 fully saturated rings. The van der Waals surface area contributed by atoms with Crippen LogP contribution in [0.4, 0.5) is 0 Å². The lowest BCUT2D eigenvalue weighted by molar-refractivity contribution is -0.133. The summed E-state index contributed by atoms with van der Waals surface area (Å²) in [6.07, 6.45) is 9.00. The molecule has 5 saturated heterocycles. The Balaban J connectivity index is 0.000000154. The van der Waals surface area contributed by atoms with Crippen molar-refractivity contribution in [2.24, 2.45) is 11.8 Å². The molecule has 4 aromatic rings. The number of nitrogens with one attached hydrogen (secondary N) is 1. The molecule has 1 aliphatic carbocycles. The second kappa shape index (κ2) is 16.7. The smallest absolute Gasteiger partial charge is 0.257 e. The van der Waals surface area contributed by atoms with Crippen molar-refractivity contribution in [1.29, 1.82) is 0 Å². The second-order valence-electron chi connectivity index (χ2n) is 15.6. The van der Waals surface area contributed by atoms with E-state index in [0.717, 1.165) is 62.3 Å². The van der Waals surface area contributed by atoms with Gasteiger partial charge in [-0.1, -0.05) is 56.0 Å². The van der Waals surface area contributed by atoms with Gasteiger partial charge in [-0.25, -0.2) is 9.97 Å². The van der Waals surface area contributed by atoms with Gasteiger partial charge in [-0.2, -0.15) is 0 Å². The number of hydrogen-bond acceptors (Lipinski definition) is 11. The summed E-state index contributed by atoms with van der Waals surface area (Å²) in [5, 5.41) is 12.8. The number of hydrogen-bond donors (Lipinski definition) is 2. The number of piperidine rings is 4. The van der Waals surface area contributed by atoms with Crippen LogP contribution in [-0.4, -0.2) is 88.2 Å². The first-order valence-corrected chi connectivity index (χ1v) is 19.6. The number of aromatic nitrogens is 2. The van der Waals surface area contributed by atoms with E-state index in [9.17, 15) is 9.90 Å². The number of ether oxygens (including phenoxy) is 4. The first kappa shape index (κ1) is 37.4.